The topological polar surface area (TPSA) is 125 Å². The number of carbonyl (C=O) groups excluding carboxylic acids is 2. The van der Waals surface area contributed by atoms with Crippen LogP contribution in [-0.2, 0) is 16.6 Å². The van der Waals surface area contributed by atoms with Crippen LogP contribution in [0.15, 0.2) is 53.1 Å². The maximum atomic E-state index is 14.4. The Labute approximate surface area is 209 Å². The second kappa shape index (κ2) is 10.2. The molecule has 3 N–H and O–H groups in total. The quantitative estimate of drug-likeness (QED) is 0.243. The van der Waals surface area contributed by atoms with Crippen molar-refractivity contribution in [2.45, 2.75) is 43.9 Å². The molecule has 0 spiro atoms. The Morgan fingerprint density at radius 2 is 1.76 bits per heavy atom. The number of hydrogen-bond acceptors (Lipinski definition) is 7. The molecule has 0 saturated heterocycles. The molecule has 0 fully saturated rings. The Kier molecular flexibility index (Phi) is 7.63. The third-order valence-electron chi connectivity index (χ3n) is 5.81. The lowest BCUT2D eigenvalue weighted by molar-refractivity contribution is -0.267. The summed E-state index contributed by atoms with van der Waals surface area (Å²) in [6.07, 6.45) is -9.01. The Hall–Kier alpha value is -3.93. The lowest BCUT2D eigenvalue weighted by Crippen LogP contribution is -2.51. The molecule has 2 aromatic carbocycles. The third-order valence-corrected chi connectivity index (χ3v) is 5.81. The summed E-state index contributed by atoms with van der Waals surface area (Å²) in [5.74, 6) is -2.68. The van der Waals surface area contributed by atoms with Crippen molar-refractivity contribution in [1.29, 1.82) is 0 Å². The van der Waals surface area contributed by atoms with Gasteiger partial charge in [0, 0.05) is 17.5 Å². The average molecular weight is 524 g/mol. The minimum Gasteiger partial charge on any atom is -0.496 e. The number of hydrogen-bond donors (Lipinski definition) is 2. The van der Waals surface area contributed by atoms with Crippen molar-refractivity contribution in [2.24, 2.45) is 5.73 Å². The molecule has 0 saturated carbocycles. The summed E-state index contributed by atoms with van der Waals surface area (Å²) in [5, 5.41) is 14.7. The highest BCUT2D eigenvalue weighted by Crippen LogP contribution is 2.46. The summed E-state index contributed by atoms with van der Waals surface area (Å²) in [5.41, 5.74) is -0.536. The van der Waals surface area contributed by atoms with E-state index < -0.39 is 59.2 Å². The van der Waals surface area contributed by atoms with Crippen LogP contribution >= 0.6 is 0 Å². The number of ether oxygens (including phenoxy) is 2. The number of benzene rings is 2. The molecule has 1 atom stereocenters. The fourth-order valence-corrected chi connectivity index (χ4v) is 4.15. The smallest absolute Gasteiger partial charge is 0.417 e. The molecule has 37 heavy (non-hydrogen) atoms. The van der Waals surface area contributed by atoms with Crippen molar-refractivity contribution >= 4 is 12.1 Å². The number of aliphatic hydroxyl groups is 1. The molecule has 3 rings (SSSR count). The SMILES string of the molecule is COc1ccc(F)cc1C(C)(C)CC(O)(Cc1onc(-c2ccccc2)c1C(=O)OC(N)=O)C(F)(F)F. The third kappa shape index (κ3) is 5.91. The Balaban J connectivity index is 2.10. The lowest BCUT2D eigenvalue weighted by atomic mass is 9.73. The molecule has 0 aliphatic carbocycles. The molecule has 0 bridgehead atoms. The van der Waals surface area contributed by atoms with Crippen LogP contribution in [-0.4, -0.2) is 41.2 Å². The van der Waals surface area contributed by atoms with Gasteiger partial charge in [0.05, 0.1) is 7.11 Å². The zero-order valence-corrected chi connectivity index (χ0v) is 20.1. The number of amides is 1. The lowest BCUT2D eigenvalue weighted by Gasteiger charge is -2.38. The van der Waals surface area contributed by atoms with E-state index in [2.05, 4.69) is 9.89 Å². The van der Waals surface area contributed by atoms with E-state index in [0.717, 1.165) is 12.1 Å². The van der Waals surface area contributed by atoms with Crippen molar-refractivity contribution in [3.8, 4) is 17.0 Å². The predicted octanol–water partition coefficient (Wildman–Crippen LogP) is 4.93. The Morgan fingerprint density at radius 1 is 1.11 bits per heavy atom. The molecule has 12 heteroatoms. The monoisotopic (exact) mass is 524 g/mol. The van der Waals surface area contributed by atoms with Crippen molar-refractivity contribution < 1.29 is 46.3 Å². The number of halogens is 4. The average Bonchev–Trinajstić information content (AvgIpc) is 3.21. The summed E-state index contributed by atoms with van der Waals surface area (Å²) < 4.78 is 71.7. The van der Waals surface area contributed by atoms with Crippen LogP contribution < -0.4 is 10.5 Å². The van der Waals surface area contributed by atoms with Crippen LogP contribution in [0.1, 0.15) is 41.9 Å². The van der Waals surface area contributed by atoms with Gasteiger partial charge in [0.1, 0.15) is 22.8 Å². The predicted molar refractivity (Wildman–Crippen MR) is 122 cm³/mol. The molecule has 1 aromatic heterocycles. The minimum absolute atomic E-state index is 0.0774. The molecule has 0 aliphatic heterocycles. The highest BCUT2D eigenvalue weighted by Gasteiger charge is 2.57. The fourth-order valence-electron chi connectivity index (χ4n) is 4.15. The van der Waals surface area contributed by atoms with Gasteiger partial charge in [0.15, 0.2) is 11.4 Å². The number of rotatable bonds is 8. The number of methoxy groups -OCH3 is 1. The highest BCUT2D eigenvalue weighted by molar-refractivity contribution is 6.01. The first-order chi connectivity index (χ1) is 17.2. The molecule has 198 valence electrons. The van der Waals surface area contributed by atoms with Gasteiger partial charge >= 0.3 is 18.2 Å². The Bertz CT molecular complexity index is 1290. The van der Waals surface area contributed by atoms with Crippen molar-refractivity contribution in [3.63, 3.8) is 0 Å². The van der Waals surface area contributed by atoms with E-state index in [0.29, 0.717) is 0 Å². The number of primary amides is 1. The normalized spacial score (nSPS) is 13.6. The fraction of sp³-hybridized carbons (Fsp3) is 0.320. The number of alkyl halides is 3. The van der Waals surface area contributed by atoms with Crippen molar-refractivity contribution in [1.82, 2.24) is 5.16 Å². The number of esters is 1. The first-order valence-corrected chi connectivity index (χ1v) is 10.9. The van der Waals surface area contributed by atoms with Gasteiger partial charge in [0.25, 0.3) is 0 Å². The minimum atomic E-state index is -5.24. The summed E-state index contributed by atoms with van der Waals surface area (Å²) in [6, 6.07) is 11.2. The largest absolute Gasteiger partial charge is 0.496 e. The van der Waals surface area contributed by atoms with E-state index in [4.69, 9.17) is 15.0 Å². The molecule has 8 nitrogen and oxygen atoms in total. The maximum Gasteiger partial charge on any atom is 0.417 e. The van der Waals surface area contributed by atoms with Crippen LogP contribution in [0.4, 0.5) is 22.4 Å². The van der Waals surface area contributed by atoms with Gasteiger partial charge < -0.3 is 24.8 Å². The number of nitrogens with zero attached hydrogens (tertiary/aromatic N) is 1. The standard InChI is InChI=1S/C25H24F4N2O6/c1-23(2,16-11-15(26)9-10-17(16)35-3)13-24(34,25(27,28)29)12-18-19(21(32)36-22(30)33)20(31-37-18)14-7-5-4-6-8-14/h4-11,34H,12-13H2,1-3H3,(H2,30,33). The van der Waals surface area contributed by atoms with Gasteiger partial charge in [-0.05, 0) is 30.0 Å². The van der Waals surface area contributed by atoms with E-state index in [-0.39, 0.29) is 22.6 Å². The van der Waals surface area contributed by atoms with E-state index >= 15 is 0 Å². The molecule has 0 aliphatic rings. The first-order valence-electron chi connectivity index (χ1n) is 10.9. The van der Waals surface area contributed by atoms with Crippen LogP contribution in [0.2, 0.25) is 0 Å². The summed E-state index contributed by atoms with van der Waals surface area (Å²) in [7, 11) is 1.28. The van der Waals surface area contributed by atoms with Crippen LogP contribution in [0.5, 0.6) is 5.75 Å². The maximum absolute atomic E-state index is 14.4. The molecule has 1 amide bonds. The van der Waals surface area contributed by atoms with Gasteiger partial charge in [-0.1, -0.05) is 49.3 Å². The van der Waals surface area contributed by atoms with Gasteiger partial charge in [-0.25, -0.2) is 14.0 Å². The summed E-state index contributed by atoms with van der Waals surface area (Å²) in [6.45, 7) is 2.75. The zero-order valence-electron chi connectivity index (χ0n) is 20.1. The van der Waals surface area contributed by atoms with E-state index in [9.17, 15) is 32.3 Å². The van der Waals surface area contributed by atoms with Crippen molar-refractivity contribution in [2.75, 3.05) is 7.11 Å². The molecule has 0 radical (unpaired) electrons. The summed E-state index contributed by atoms with van der Waals surface area (Å²) >= 11 is 0. The highest BCUT2D eigenvalue weighted by atomic mass is 19.4. The number of carbonyl (C=O) groups is 2. The van der Waals surface area contributed by atoms with Crippen LogP contribution in [0.3, 0.4) is 0 Å². The molecular formula is C25H24F4N2O6. The van der Waals surface area contributed by atoms with E-state index in [1.54, 1.807) is 18.2 Å². The van der Waals surface area contributed by atoms with Crippen LogP contribution in [0, 0.1) is 5.82 Å². The van der Waals surface area contributed by atoms with E-state index in [1.807, 2.05) is 0 Å². The van der Waals surface area contributed by atoms with Gasteiger partial charge in [0.2, 0.25) is 0 Å². The Morgan fingerprint density at radius 3 is 2.32 bits per heavy atom. The zero-order chi connectivity index (χ0) is 27.6. The second-order valence-corrected chi connectivity index (χ2v) is 9.02. The van der Waals surface area contributed by atoms with Gasteiger partial charge in [-0.3, -0.25) is 0 Å². The second-order valence-electron chi connectivity index (χ2n) is 9.02. The molecule has 3 aromatic rings. The number of aromatic nitrogens is 1. The first kappa shape index (κ1) is 27.7. The van der Waals surface area contributed by atoms with Crippen molar-refractivity contribution in [3.05, 3.63) is 71.2 Å². The van der Waals surface area contributed by atoms with Crippen LogP contribution in [0.25, 0.3) is 11.3 Å². The molecule has 1 heterocycles. The molecule has 1 unspecified atom stereocenters. The number of nitrogens with two attached hydrogens (primary N) is 1. The summed E-state index contributed by atoms with van der Waals surface area (Å²) in [4.78, 5) is 23.8. The van der Waals surface area contributed by atoms with Gasteiger partial charge in [-0.2, -0.15) is 13.2 Å². The van der Waals surface area contributed by atoms with Gasteiger partial charge in [-0.15, -0.1) is 0 Å². The van der Waals surface area contributed by atoms with E-state index in [1.165, 1.54) is 39.2 Å². The molecular weight excluding hydrogens is 500 g/mol.